The summed E-state index contributed by atoms with van der Waals surface area (Å²) in [4.78, 5) is 8.49. The van der Waals surface area contributed by atoms with Crippen molar-refractivity contribution in [2.24, 2.45) is 5.14 Å². The van der Waals surface area contributed by atoms with Gasteiger partial charge in [-0.1, -0.05) is 0 Å². The fraction of sp³-hybridized carbons (Fsp3) is 0.438. The van der Waals surface area contributed by atoms with Crippen LogP contribution in [0.5, 0.6) is 0 Å². The van der Waals surface area contributed by atoms with Crippen molar-refractivity contribution in [3.63, 3.8) is 0 Å². The van der Waals surface area contributed by atoms with Crippen LogP contribution in [0.2, 0.25) is 0 Å². The van der Waals surface area contributed by atoms with Crippen LogP contribution in [-0.4, -0.2) is 59.2 Å². The van der Waals surface area contributed by atoms with Gasteiger partial charge in [-0.05, 0) is 25.1 Å². The first-order valence-corrected chi connectivity index (χ1v) is 12.6. The van der Waals surface area contributed by atoms with Crippen LogP contribution in [-0.2, 0) is 26.4 Å². The molecule has 0 amide bonds. The minimum Gasteiger partial charge on any atom is -0.368 e. The Morgan fingerprint density at radius 2 is 1.81 bits per heavy atom. The average Bonchev–Trinajstić information content (AvgIpc) is 2.98. The van der Waals surface area contributed by atoms with Crippen molar-refractivity contribution >= 4 is 36.9 Å². The smallest absolute Gasteiger partial charge is 0.238 e. The summed E-state index contributed by atoms with van der Waals surface area (Å²) in [6.45, 7) is 5.54. The third-order valence-electron chi connectivity index (χ3n) is 4.42. The van der Waals surface area contributed by atoms with Crippen molar-refractivity contribution in [1.82, 2.24) is 9.88 Å². The van der Waals surface area contributed by atoms with E-state index in [-0.39, 0.29) is 9.79 Å². The van der Waals surface area contributed by atoms with Crippen LogP contribution >= 0.6 is 11.3 Å². The minimum absolute atomic E-state index is 0.0161. The molecule has 0 spiro atoms. The molecule has 2 aromatic rings. The molecular formula is C16H22N4O4S3. The Morgan fingerprint density at radius 1 is 1.15 bits per heavy atom. The molecule has 0 saturated carbocycles. The van der Waals surface area contributed by atoms with E-state index in [0.29, 0.717) is 18.8 Å². The number of rotatable bonds is 5. The van der Waals surface area contributed by atoms with Crippen LogP contribution in [0.15, 0.2) is 33.4 Å². The third kappa shape index (κ3) is 4.85. The zero-order valence-electron chi connectivity index (χ0n) is 15.1. The Morgan fingerprint density at radius 3 is 2.33 bits per heavy atom. The van der Waals surface area contributed by atoms with Crippen molar-refractivity contribution in [3.05, 3.63) is 34.3 Å². The second kappa shape index (κ2) is 7.47. The summed E-state index contributed by atoms with van der Waals surface area (Å²) in [5.74, 6) is 0. The normalized spacial score (nSPS) is 16.6. The molecule has 0 atom stereocenters. The predicted octanol–water partition coefficient (Wildman–Crippen LogP) is 0.825. The van der Waals surface area contributed by atoms with Crippen LogP contribution in [0.25, 0.3) is 0 Å². The van der Waals surface area contributed by atoms with Crippen molar-refractivity contribution < 1.29 is 16.8 Å². The van der Waals surface area contributed by atoms with Crippen molar-refractivity contribution in [1.29, 1.82) is 0 Å². The van der Waals surface area contributed by atoms with Gasteiger partial charge in [-0.15, -0.1) is 11.3 Å². The second-order valence-corrected chi connectivity index (χ2v) is 11.2. The van der Waals surface area contributed by atoms with Gasteiger partial charge in [0.2, 0.25) is 10.0 Å². The highest BCUT2D eigenvalue weighted by atomic mass is 32.2. The third-order valence-corrected chi connectivity index (χ3v) is 7.28. The molecule has 27 heavy (non-hydrogen) atoms. The Balaban J connectivity index is 1.79. The fourth-order valence-corrected chi connectivity index (χ4v) is 5.22. The summed E-state index contributed by atoms with van der Waals surface area (Å²) in [5, 5.41) is 8.23. The molecule has 0 bridgehead atoms. The van der Waals surface area contributed by atoms with Gasteiger partial charge in [0.05, 0.1) is 26.2 Å². The number of nitrogens with zero attached hydrogens (tertiary/aromatic N) is 3. The summed E-state index contributed by atoms with van der Waals surface area (Å²) in [6, 6.07) is 4.02. The molecular weight excluding hydrogens is 408 g/mol. The van der Waals surface area contributed by atoms with E-state index in [4.69, 9.17) is 5.14 Å². The molecule has 1 aliphatic rings. The molecule has 2 N–H and O–H groups in total. The first-order chi connectivity index (χ1) is 12.5. The molecule has 2 heterocycles. The van der Waals surface area contributed by atoms with Crippen molar-refractivity contribution in [3.8, 4) is 0 Å². The number of primary sulfonamides is 1. The maximum Gasteiger partial charge on any atom is 0.238 e. The van der Waals surface area contributed by atoms with Gasteiger partial charge in [-0.25, -0.2) is 27.0 Å². The number of hydrogen-bond acceptors (Lipinski definition) is 8. The predicted molar refractivity (Wildman–Crippen MR) is 105 cm³/mol. The highest BCUT2D eigenvalue weighted by molar-refractivity contribution is 7.91. The number of hydrogen-bond donors (Lipinski definition) is 1. The molecule has 0 aliphatic carbocycles. The SMILES string of the molecule is Cc1nc(CN2CCN(c3ccc(S(N)(=O)=O)cc3S(C)(=O)=O)CC2)cs1. The highest BCUT2D eigenvalue weighted by Crippen LogP contribution is 2.29. The lowest BCUT2D eigenvalue weighted by atomic mass is 10.2. The average molecular weight is 431 g/mol. The van der Waals surface area contributed by atoms with Gasteiger partial charge in [0.1, 0.15) is 0 Å². The van der Waals surface area contributed by atoms with E-state index in [0.717, 1.165) is 42.7 Å². The Hall–Kier alpha value is -1.53. The number of nitrogens with two attached hydrogens (primary N) is 1. The van der Waals surface area contributed by atoms with E-state index in [9.17, 15) is 16.8 Å². The fourth-order valence-electron chi connectivity index (χ4n) is 3.09. The number of aromatic nitrogens is 1. The molecule has 0 unspecified atom stereocenters. The molecule has 1 fully saturated rings. The minimum atomic E-state index is -3.97. The molecule has 1 aromatic carbocycles. The van der Waals surface area contributed by atoms with Crippen LogP contribution in [0, 0.1) is 6.92 Å². The standard InChI is InChI=1S/C16H22N4O4S3/c1-12-18-13(11-25-12)10-19-5-7-20(8-6-19)15-4-3-14(27(17,23)24)9-16(15)26(2,21)22/h3-4,9,11H,5-8,10H2,1-2H3,(H2,17,23,24). The Kier molecular flexibility index (Phi) is 5.59. The van der Waals surface area contributed by atoms with Crippen LogP contribution in [0.3, 0.4) is 0 Å². The lowest BCUT2D eigenvalue weighted by molar-refractivity contribution is 0.247. The van der Waals surface area contributed by atoms with Gasteiger partial charge in [0, 0.05) is 44.4 Å². The zero-order chi connectivity index (χ0) is 19.8. The number of anilines is 1. The van der Waals surface area contributed by atoms with Crippen LogP contribution in [0.4, 0.5) is 5.69 Å². The van der Waals surface area contributed by atoms with Gasteiger partial charge >= 0.3 is 0 Å². The van der Waals surface area contributed by atoms with Gasteiger partial charge < -0.3 is 4.90 Å². The summed E-state index contributed by atoms with van der Waals surface area (Å²) >= 11 is 1.62. The van der Waals surface area contributed by atoms with E-state index < -0.39 is 19.9 Å². The molecule has 1 saturated heterocycles. The van der Waals surface area contributed by atoms with Gasteiger partial charge in [-0.2, -0.15) is 0 Å². The first kappa shape index (κ1) is 20.2. The van der Waals surface area contributed by atoms with Crippen LogP contribution < -0.4 is 10.0 Å². The summed E-state index contributed by atoms with van der Waals surface area (Å²) < 4.78 is 47.6. The molecule has 1 aliphatic heterocycles. The second-order valence-electron chi connectivity index (χ2n) is 6.57. The molecule has 8 nitrogen and oxygen atoms in total. The topological polar surface area (TPSA) is 114 Å². The largest absolute Gasteiger partial charge is 0.368 e. The molecule has 148 valence electrons. The quantitative estimate of drug-likeness (QED) is 0.747. The van der Waals surface area contributed by atoms with E-state index in [1.165, 1.54) is 12.1 Å². The lowest BCUT2D eigenvalue weighted by Crippen LogP contribution is -2.46. The monoisotopic (exact) mass is 430 g/mol. The first-order valence-electron chi connectivity index (χ1n) is 8.29. The maximum atomic E-state index is 12.2. The van der Waals surface area contributed by atoms with E-state index in [1.807, 2.05) is 11.8 Å². The number of benzene rings is 1. The lowest BCUT2D eigenvalue weighted by Gasteiger charge is -2.36. The Bertz CT molecular complexity index is 1040. The number of sulfone groups is 1. The van der Waals surface area contributed by atoms with Gasteiger partial charge in [-0.3, -0.25) is 4.90 Å². The van der Waals surface area contributed by atoms with E-state index in [2.05, 4.69) is 15.3 Å². The summed E-state index contributed by atoms with van der Waals surface area (Å²) in [5.41, 5.74) is 1.55. The van der Waals surface area contributed by atoms with E-state index >= 15 is 0 Å². The molecule has 3 rings (SSSR count). The highest BCUT2D eigenvalue weighted by Gasteiger charge is 2.24. The van der Waals surface area contributed by atoms with Crippen molar-refractivity contribution in [2.45, 2.75) is 23.3 Å². The van der Waals surface area contributed by atoms with Crippen LogP contribution in [0.1, 0.15) is 10.7 Å². The summed E-state index contributed by atoms with van der Waals surface area (Å²) in [6.07, 6.45) is 1.07. The Labute approximate surface area is 163 Å². The molecule has 1 aromatic heterocycles. The summed E-state index contributed by atoms with van der Waals surface area (Å²) in [7, 11) is -7.58. The van der Waals surface area contributed by atoms with Gasteiger partial charge in [0.15, 0.2) is 9.84 Å². The van der Waals surface area contributed by atoms with Gasteiger partial charge in [0.25, 0.3) is 0 Å². The number of sulfonamides is 1. The molecule has 11 heteroatoms. The van der Waals surface area contributed by atoms with E-state index in [1.54, 1.807) is 11.3 Å². The number of piperazine rings is 1. The number of thiazole rings is 1. The zero-order valence-corrected chi connectivity index (χ0v) is 17.6. The molecule has 0 radical (unpaired) electrons. The maximum absolute atomic E-state index is 12.2. The number of aryl methyl sites for hydroxylation is 1. The van der Waals surface area contributed by atoms with Crippen molar-refractivity contribution in [2.75, 3.05) is 37.3 Å².